The number of hydrogen-bond donors (Lipinski definition) is 1. The highest BCUT2D eigenvalue weighted by atomic mass is 32.1. The highest BCUT2D eigenvalue weighted by Crippen LogP contribution is 2.22. The molecular weight excluding hydrogens is 274 g/mol. The van der Waals surface area contributed by atoms with Crippen molar-refractivity contribution < 1.29 is 14.7 Å². The molecule has 1 N–H and O–H groups in total. The average Bonchev–Trinajstić information content (AvgIpc) is 2.75. The number of amides is 1. The van der Waals surface area contributed by atoms with Gasteiger partial charge in [-0.05, 0) is 32.8 Å². The van der Waals surface area contributed by atoms with E-state index < -0.39 is 0 Å². The van der Waals surface area contributed by atoms with Crippen LogP contribution < -0.4 is 0 Å². The van der Waals surface area contributed by atoms with E-state index in [1.54, 1.807) is 16.2 Å². The third-order valence-corrected chi connectivity index (χ3v) is 4.69. The van der Waals surface area contributed by atoms with Crippen molar-refractivity contribution in [1.29, 1.82) is 0 Å². The fourth-order valence-electron chi connectivity index (χ4n) is 2.54. The Morgan fingerprint density at radius 1 is 1.30 bits per heavy atom. The van der Waals surface area contributed by atoms with Crippen LogP contribution in [-0.4, -0.2) is 40.9 Å². The van der Waals surface area contributed by atoms with E-state index in [1.165, 1.54) is 0 Å². The second-order valence-corrected chi connectivity index (χ2v) is 6.82. The Balaban J connectivity index is 1.84. The van der Waals surface area contributed by atoms with E-state index in [9.17, 15) is 14.7 Å². The molecule has 2 heterocycles. The van der Waals surface area contributed by atoms with Crippen LogP contribution in [0.1, 0.15) is 45.8 Å². The van der Waals surface area contributed by atoms with E-state index in [0.29, 0.717) is 25.9 Å². The summed E-state index contributed by atoms with van der Waals surface area (Å²) in [5, 5.41) is 9.42. The van der Waals surface area contributed by atoms with Crippen molar-refractivity contribution in [2.75, 3.05) is 13.1 Å². The Labute approximate surface area is 123 Å². The van der Waals surface area contributed by atoms with Crippen molar-refractivity contribution in [2.24, 2.45) is 0 Å². The summed E-state index contributed by atoms with van der Waals surface area (Å²) in [6.07, 6.45) is 1.54. The van der Waals surface area contributed by atoms with Crippen LogP contribution in [0.5, 0.6) is 0 Å². The lowest BCUT2D eigenvalue weighted by Gasteiger charge is -2.29. The Morgan fingerprint density at radius 2 is 1.95 bits per heavy atom. The van der Waals surface area contributed by atoms with E-state index in [4.69, 9.17) is 0 Å². The second kappa shape index (κ2) is 6.50. The second-order valence-electron chi connectivity index (χ2n) is 5.36. The van der Waals surface area contributed by atoms with Crippen molar-refractivity contribution in [1.82, 2.24) is 4.90 Å². The molecule has 2 rings (SSSR count). The molecule has 1 aromatic rings. The molecule has 5 heteroatoms. The van der Waals surface area contributed by atoms with Gasteiger partial charge in [0.25, 0.3) is 0 Å². The standard InChI is InChI=1S/C15H21NO3S/c1-10-9-13(11(2)20-10)14(18)3-4-15(19)16-7-5-12(17)6-8-16/h9,12,17H,3-8H2,1-2H3. The first kappa shape index (κ1) is 15.2. The zero-order valence-electron chi connectivity index (χ0n) is 12.0. The molecule has 1 amide bonds. The van der Waals surface area contributed by atoms with Crippen LogP contribution in [-0.2, 0) is 4.79 Å². The van der Waals surface area contributed by atoms with Gasteiger partial charge < -0.3 is 10.0 Å². The normalized spacial score (nSPS) is 16.4. The lowest BCUT2D eigenvalue weighted by molar-refractivity contribution is -0.133. The average molecular weight is 295 g/mol. The van der Waals surface area contributed by atoms with Gasteiger partial charge in [0, 0.05) is 41.2 Å². The quantitative estimate of drug-likeness (QED) is 0.867. The Morgan fingerprint density at radius 3 is 2.50 bits per heavy atom. The molecule has 110 valence electrons. The summed E-state index contributed by atoms with van der Waals surface area (Å²) >= 11 is 1.62. The largest absolute Gasteiger partial charge is 0.393 e. The number of ketones is 1. The van der Waals surface area contributed by atoms with Crippen molar-refractivity contribution in [3.8, 4) is 0 Å². The molecule has 0 aromatic carbocycles. The van der Waals surface area contributed by atoms with Crippen LogP contribution >= 0.6 is 11.3 Å². The number of aryl methyl sites for hydroxylation is 2. The van der Waals surface area contributed by atoms with Crippen LogP contribution in [0.4, 0.5) is 0 Å². The van der Waals surface area contributed by atoms with E-state index in [-0.39, 0.29) is 30.6 Å². The number of nitrogens with zero attached hydrogens (tertiary/aromatic N) is 1. The summed E-state index contributed by atoms with van der Waals surface area (Å²) in [4.78, 5) is 28.1. The van der Waals surface area contributed by atoms with Crippen LogP contribution in [0.3, 0.4) is 0 Å². The topological polar surface area (TPSA) is 57.6 Å². The van der Waals surface area contributed by atoms with Gasteiger partial charge in [-0.25, -0.2) is 0 Å². The molecule has 0 unspecified atom stereocenters. The van der Waals surface area contributed by atoms with Crippen molar-refractivity contribution in [3.05, 3.63) is 21.4 Å². The molecule has 1 aliphatic rings. The van der Waals surface area contributed by atoms with E-state index in [0.717, 1.165) is 15.3 Å². The van der Waals surface area contributed by atoms with Crippen molar-refractivity contribution in [3.63, 3.8) is 0 Å². The number of rotatable bonds is 4. The first-order valence-electron chi connectivity index (χ1n) is 7.03. The van der Waals surface area contributed by atoms with E-state index in [1.807, 2.05) is 19.9 Å². The van der Waals surface area contributed by atoms with E-state index in [2.05, 4.69) is 0 Å². The molecule has 1 fully saturated rings. The molecule has 0 bridgehead atoms. The zero-order valence-corrected chi connectivity index (χ0v) is 12.8. The lowest BCUT2D eigenvalue weighted by Crippen LogP contribution is -2.40. The summed E-state index contributed by atoms with van der Waals surface area (Å²) in [6.45, 7) is 5.13. The molecule has 4 nitrogen and oxygen atoms in total. The van der Waals surface area contributed by atoms with Crippen LogP contribution in [0.2, 0.25) is 0 Å². The summed E-state index contributed by atoms with van der Waals surface area (Å²) < 4.78 is 0. The molecule has 0 radical (unpaired) electrons. The first-order valence-corrected chi connectivity index (χ1v) is 7.85. The monoisotopic (exact) mass is 295 g/mol. The summed E-state index contributed by atoms with van der Waals surface area (Å²) in [5.74, 6) is 0.0760. The van der Waals surface area contributed by atoms with Crippen LogP contribution in [0.15, 0.2) is 6.07 Å². The van der Waals surface area contributed by atoms with Gasteiger partial charge in [0.2, 0.25) is 5.91 Å². The van der Waals surface area contributed by atoms with Crippen LogP contribution in [0.25, 0.3) is 0 Å². The molecule has 1 aromatic heterocycles. The Hall–Kier alpha value is -1.20. The lowest BCUT2D eigenvalue weighted by atomic mass is 10.0. The predicted octanol–water partition coefficient (Wildman–Crippen LogP) is 2.31. The molecule has 1 saturated heterocycles. The van der Waals surface area contributed by atoms with E-state index >= 15 is 0 Å². The predicted molar refractivity (Wildman–Crippen MR) is 79.2 cm³/mol. The minimum Gasteiger partial charge on any atom is -0.393 e. The molecule has 20 heavy (non-hydrogen) atoms. The number of hydrogen-bond acceptors (Lipinski definition) is 4. The van der Waals surface area contributed by atoms with Gasteiger partial charge in [-0.2, -0.15) is 0 Å². The maximum absolute atomic E-state index is 12.1. The van der Waals surface area contributed by atoms with Crippen molar-refractivity contribution in [2.45, 2.75) is 45.6 Å². The number of carbonyl (C=O) groups excluding carboxylic acids is 2. The maximum Gasteiger partial charge on any atom is 0.223 e. The van der Waals surface area contributed by atoms with Gasteiger partial charge in [-0.3, -0.25) is 9.59 Å². The van der Waals surface area contributed by atoms with Gasteiger partial charge in [-0.15, -0.1) is 11.3 Å². The third-order valence-electron chi connectivity index (χ3n) is 3.72. The fraction of sp³-hybridized carbons (Fsp3) is 0.600. The Kier molecular flexibility index (Phi) is 4.94. The van der Waals surface area contributed by atoms with Gasteiger partial charge in [-0.1, -0.05) is 0 Å². The maximum atomic E-state index is 12.1. The van der Waals surface area contributed by atoms with Crippen LogP contribution in [0, 0.1) is 13.8 Å². The fourth-order valence-corrected chi connectivity index (χ4v) is 3.48. The summed E-state index contributed by atoms with van der Waals surface area (Å²) in [6, 6.07) is 1.91. The number of Topliss-reactive ketones (excluding diaryl/α,β-unsaturated/α-hetero) is 1. The molecule has 0 saturated carbocycles. The van der Waals surface area contributed by atoms with Crippen molar-refractivity contribution >= 4 is 23.0 Å². The number of carbonyl (C=O) groups is 2. The number of likely N-dealkylation sites (tertiary alicyclic amines) is 1. The Bertz CT molecular complexity index is 501. The number of aliphatic hydroxyl groups is 1. The summed E-state index contributed by atoms with van der Waals surface area (Å²) in [7, 11) is 0. The minimum absolute atomic E-state index is 0.0230. The number of aliphatic hydroxyl groups excluding tert-OH is 1. The van der Waals surface area contributed by atoms with Gasteiger partial charge in [0.15, 0.2) is 5.78 Å². The molecule has 0 atom stereocenters. The smallest absolute Gasteiger partial charge is 0.223 e. The highest BCUT2D eigenvalue weighted by Gasteiger charge is 2.22. The molecule has 1 aliphatic heterocycles. The number of thiophene rings is 1. The minimum atomic E-state index is -0.280. The van der Waals surface area contributed by atoms with Gasteiger partial charge in [0.05, 0.1) is 6.10 Å². The molecule has 0 aliphatic carbocycles. The van der Waals surface area contributed by atoms with Gasteiger partial charge in [0.1, 0.15) is 0 Å². The number of piperidine rings is 1. The first-order chi connectivity index (χ1) is 9.47. The highest BCUT2D eigenvalue weighted by molar-refractivity contribution is 7.12. The molecular formula is C15H21NO3S. The third kappa shape index (κ3) is 3.67. The molecule has 0 spiro atoms. The summed E-state index contributed by atoms with van der Waals surface area (Å²) in [5.41, 5.74) is 0.759. The zero-order chi connectivity index (χ0) is 14.7. The van der Waals surface area contributed by atoms with Gasteiger partial charge >= 0.3 is 0 Å². The SMILES string of the molecule is Cc1cc(C(=O)CCC(=O)N2CCC(O)CC2)c(C)s1.